The van der Waals surface area contributed by atoms with Crippen LogP contribution in [0, 0.1) is 0 Å². The second kappa shape index (κ2) is 5.21. The standard InChI is InChI=1S/C17H16N2O/c1-2-12-4-3-5-13(10-12)20-17-7-6-16(18)15-11-19-9-8-14(15)17/h3-11H,2,18H2,1H3. The molecular weight excluding hydrogens is 248 g/mol. The van der Waals surface area contributed by atoms with Crippen molar-refractivity contribution in [3.05, 3.63) is 60.4 Å². The number of nitrogen functional groups attached to an aromatic ring is 1. The van der Waals surface area contributed by atoms with Crippen LogP contribution in [0.3, 0.4) is 0 Å². The van der Waals surface area contributed by atoms with Crippen molar-refractivity contribution in [2.24, 2.45) is 0 Å². The van der Waals surface area contributed by atoms with Crippen molar-refractivity contribution in [1.82, 2.24) is 4.98 Å². The predicted octanol–water partition coefficient (Wildman–Crippen LogP) is 4.17. The van der Waals surface area contributed by atoms with E-state index in [2.05, 4.69) is 24.0 Å². The molecule has 3 nitrogen and oxygen atoms in total. The fraction of sp³-hybridized carbons (Fsp3) is 0.118. The summed E-state index contributed by atoms with van der Waals surface area (Å²) in [5.41, 5.74) is 7.93. The third-order valence-electron chi connectivity index (χ3n) is 3.35. The zero-order valence-electron chi connectivity index (χ0n) is 11.3. The van der Waals surface area contributed by atoms with Gasteiger partial charge < -0.3 is 10.5 Å². The van der Waals surface area contributed by atoms with Crippen LogP contribution in [0.15, 0.2) is 54.9 Å². The van der Waals surface area contributed by atoms with Gasteiger partial charge in [-0.1, -0.05) is 19.1 Å². The van der Waals surface area contributed by atoms with Gasteiger partial charge in [0, 0.05) is 28.9 Å². The molecule has 0 atom stereocenters. The number of nitrogens with zero attached hydrogens (tertiary/aromatic N) is 1. The molecule has 0 aliphatic rings. The number of nitrogens with two attached hydrogens (primary N) is 1. The van der Waals surface area contributed by atoms with E-state index in [1.54, 1.807) is 12.4 Å². The van der Waals surface area contributed by atoms with E-state index in [1.807, 2.05) is 30.3 Å². The van der Waals surface area contributed by atoms with Crippen molar-refractivity contribution >= 4 is 16.5 Å². The topological polar surface area (TPSA) is 48.1 Å². The number of fused-ring (bicyclic) bond motifs is 1. The van der Waals surface area contributed by atoms with Gasteiger partial charge in [-0.2, -0.15) is 0 Å². The first-order valence-electron chi connectivity index (χ1n) is 6.67. The third-order valence-corrected chi connectivity index (χ3v) is 3.35. The number of anilines is 1. The molecule has 0 radical (unpaired) electrons. The molecule has 3 heteroatoms. The molecule has 0 saturated heterocycles. The number of benzene rings is 2. The molecule has 2 aromatic carbocycles. The first-order chi connectivity index (χ1) is 9.78. The number of hydrogen-bond donors (Lipinski definition) is 1. The molecule has 1 aromatic heterocycles. The van der Waals surface area contributed by atoms with Crippen LogP contribution in [0.1, 0.15) is 12.5 Å². The molecule has 1 heterocycles. The van der Waals surface area contributed by atoms with Gasteiger partial charge in [-0.05, 0) is 42.3 Å². The minimum atomic E-state index is 0.711. The molecule has 0 spiro atoms. The molecule has 0 fully saturated rings. The van der Waals surface area contributed by atoms with Gasteiger partial charge in [-0.15, -0.1) is 0 Å². The smallest absolute Gasteiger partial charge is 0.135 e. The largest absolute Gasteiger partial charge is 0.457 e. The van der Waals surface area contributed by atoms with Gasteiger partial charge in [-0.25, -0.2) is 0 Å². The normalized spacial score (nSPS) is 10.7. The fourth-order valence-electron chi connectivity index (χ4n) is 2.23. The molecule has 0 amide bonds. The maximum atomic E-state index is 6.01. The van der Waals surface area contributed by atoms with Crippen LogP contribution < -0.4 is 10.5 Å². The molecule has 0 unspecified atom stereocenters. The molecular formula is C17H16N2O. The highest BCUT2D eigenvalue weighted by Gasteiger charge is 2.06. The van der Waals surface area contributed by atoms with Gasteiger partial charge in [0.05, 0.1) is 0 Å². The quantitative estimate of drug-likeness (QED) is 0.722. The van der Waals surface area contributed by atoms with Crippen LogP contribution in [0.5, 0.6) is 11.5 Å². The van der Waals surface area contributed by atoms with E-state index < -0.39 is 0 Å². The van der Waals surface area contributed by atoms with E-state index >= 15 is 0 Å². The summed E-state index contributed by atoms with van der Waals surface area (Å²) < 4.78 is 6.01. The van der Waals surface area contributed by atoms with Crippen molar-refractivity contribution in [2.75, 3.05) is 5.73 Å². The minimum Gasteiger partial charge on any atom is -0.457 e. The summed E-state index contributed by atoms with van der Waals surface area (Å²) in [5, 5.41) is 1.89. The highest BCUT2D eigenvalue weighted by Crippen LogP contribution is 2.32. The van der Waals surface area contributed by atoms with Crippen LogP contribution in [0.2, 0.25) is 0 Å². The maximum Gasteiger partial charge on any atom is 0.135 e. The fourth-order valence-corrected chi connectivity index (χ4v) is 2.23. The van der Waals surface area contributed by atoms with Gasteiger partial charge in [0.2, 0.25) is 0 Å². The Bertz CT molecular complexity index is 753. The van der Waals surface area contributed by atoms with Gasteiger partial charge in [-0.3, -0.25) is 4.98 Å². The first kappa shape index (κ1) is 12.5. The van der Waals surface area contributed by atoms with Crippen LogP contribution in [-0.4, -0.2) is 4.98 Å². The van der Waals surface area contributed by atoms with E-state index in [0.717, 1.165) is 28.7 Å². The minimum absolute atomic E-state index is 0.711. The summed E-state index contributed by atoms with van der Waals surface area (Å²) in [4.78, 5) is 4.11. The molecule has 0 saturated carbocycles. The molecule has 20 heavy (non-hydrogen) atoms. The molecule has 100 valence electrons. The Kier molecular flexibility index (Phi) is 3.25. The predicted molar refractivity (Wildman–Crippen MR) is 82.0 cm³/mol. The highest BCUT2D eigenvalue weighted by atomic mass is 16.5. The summed E-state index contributed by atoms with van der Waals surface area (Å²) in [5.74, 6) is 1.64. The van der Waals surface area contributed by atoms with Crippen LogP contribution in [-0.2, 0) is 6.42 Å². The number of ether oxygens (including phenoxy) is 1. The number of aromatic nitrogens is 1. The molecule has 0 aliphatic heterocycles. The Hall–Kier alpha value is -2.55. The van der Waals surface area contributed by atoms with Gasteiger partial charge in [0.15, 0.2) is 0 Å². The third kappa shape index (κ3) is 2.30. The molecule has 3 rings (SSSR count). The summed E-state index contributed by atoms with van der Waals surface area (Å²) in [6, 6.07) is 13.8. The highest BCUT2D eigenvalue weighted by molar-refractivity contribution is 5.96. The number of aryl methyl sites for hydroxylation is 1. The van der Waals surface area contributed by atoms with E-state index in [0.29, 0.717) is 5.69 Å². The summed E-state index contributed by atoms with van der Waals surface area (Å²) in [6.45, 7) is 2.13. The Morgan fingerprint density at radius 3 is 2.85 bits per heavy atom. The zero-order valence-corrected chi connectivity index (χ0v) is 11.3. The summed E-state index contributed by atoms with van der Waals surface area (Å²) in [7, 11) is 0. The molecule has 2 N–H and O–H groups in total. The zero-order chi connectivity index (χ0) is 13.9. The van der Waals surface area contributed by atoms with E-state index in [-0.39, 0.29) is 0 Å². The van der Waals surface area contributed by atoms with Crippen molar-refractivity contribution in [3.8, 4) is 11.5 Å². The average Bonchev–Trinajstić information content (AvgIpc) is 2.51. The second-order valence-corrected chi connectivity index (χ2v) is 4.68. The lowest BCUT2D eigenvalue weighted by molar-refractivity contribution is 0.487. The Labute approximate surface area is 118 Å². The maximum absolute atomic E-state index is 6.01. The van der Waals surface area contributed by atoms with E-state index in [4.69, 9.17) is 10.5 Å². The molecule has 0 bridgehead atoms. The summed E-state index contributed by atoms with van der Waals surface area (Å²) in [6.07, 6.45) is 4.50. The Balaban J connectivity index is 2.04. The number of hydrogen-bond acceptors (Lipinski definition) is 3. The average molecular weight is 264 g/mol. The molecule has 3 aromatic rings. The summed E-state index contributed by atoms with van der Waals surface area (Å²) >= 11 is 0. The second-order valence-electron chi connectivity index (χ2n) is 4.68. The lowest BCUT2D eigenvalue weighted by Crippen LogP contribution is -1.92. The van der Waals surface area contributed by atoms with Gasteiger partial charge in [0.25, 0.3) is 0 Å². The van der Waals surface area contributed by atoms with Crippen LogP contribution in [0.25, 0.3) is 10.8 Å². The Morgan fingerprint density at radius 1 is 1.10 bits per heavy atom. The van der Waals surface area contributed by atoms with Gasteiger partial charge >= 0.3 is 0 Å². The Morgan fingerprint density at radius 2 is 2.00 bits per heavy atom. The SMILES string of the molecule is CCc1cccc(Oc2ccc(N)c3cnccc23)c1. The molecule has 0 aliphatic carbocycles. The van der Waals surface area contributed by atoms with E-state index in [9.17, 15) is 0 Å². The van der Waals surface area contributed by atoms with Gasteiger partial charge in [0.1, 0.15) is 11.5 Å². The van der Waals surface area contributed by atoms with Crippen LogP contribution >= 0.6 is 0 Å². The van der Waals surface area contributed by atoms with Crippen molar-refractivity contribution in [3.63, 3.8) is 0 Å². The lowest BCUT2D eigenvalue weighted by atomic mass is 10.1. The monoisotopic (exact) mass is 264 g/mol. The lowest BCUT2D eigenvalue weighted by Gasteiger charge is -2.11. The first-order valence-corrected chi connectivity index (χ1v) is 6.67. The number of pyridine rings is 1. The number of rotatable bonds is 3. The van der Waals surface area contributed by atoms with Crippen LogP contribution in [0.4, 0.5) is 5.69 Å². The van der Waals surface area contributed by atoms with Crippen molar-refractivity contribution in [1.29, 1.82) is 0 Å². The van der Waals surface area contributed by atoms with Crippen molar-refractivity contribution in [2.45, 2.75) is 13.3 Å². The van der Waals surface area contributed by atoms with Crippen molar-refractivity contribution < 1.29 is 4.74 Å². The van der Waals surface area contributed by atoms with E-state index in [1.165, 1.54) is 5.56 Å².